The smallest absolute Gasteiger partial charge is 0.251 e. The Morgan fingerprint density at radius 1 is 1.18 bits per heavy atom. The van der Waals surface area contributed by atoms with Gasteiger partial charge in [-0.05, 0) is 49.7 Å². The number of hydrogen-bond donors (Lipinski definition) is 4. The van der Waals surface area contributed by atoms with Gasteiger partial charge in [0.15, 0.2) is 11.5 Å². The first kappa shape index (κ1) is 18.1. The van der Waals surface area contributed by atoms with Crippen LogP contribution in [-0.2, 0) is 11.3 Å². The number of ether oxygens (including phenoxy) is 2. The molecular weight excluding hydrogens is 362 g/mol. The fourth-order valence-corrected chi connectivity index (χ4v) is 3.17. The zero-order valence-corrected chi connectivity index (χ0v) is 15.5. The number of rotatable bonds is 4. The second-order valence-corrected chi connectivity index (χ2v) is 7.35. The van der Waals surface area contributed by atoms with Gasteiger partial charge < -0.3 is 30.5 Å². The molecule has 1 atom stereocenters. The molecule has 2 aliphatic heterocycles. The van der Waals surface area contributed by atoms with Crippen LogP contribution in [0.3, 0.4) is 0 Å². The molecule has 0 fully saturated rings. The van der Waals surface area contributed by atoms with E-state index in [2.05, 4.69) is 16.0 Å². The number of carbonyl (C=O) groups is 2. The van der Waals surface area contributed by atoms with Gasteiger partial charge in [0.2, 0.25) is 12.7 Å². The third-order valence-corrected chi connectivity index (χ3v) is 4.70. The van der Waals surface area contributed by atoms with E-state index in [4.69, 9.17) is 9.47 Å². The molecule has 1 unspecified atom stereocenters. The van der Waals surface area contributed by atoms with Crippen LogP contribution in [0.4, 0.5) is 11.4 Å². The number of amides is 2. The molecule has 0 saturated heterocycles. The molecule has 2 aliphatic rings. The van der Waals surface area contributed by atoms with Crippen LogP contribution in [0.2, 0.25) is 0 Å². The first-order valence-corrected chi connectivity index (χ1v) is 8.92. The van der Waals surface area contributed by atoms with Crippen LogP contribution in [0.1, 0.15) is 29.8 Å². The molecule has 0 aliphatic carbocycles. The minimum atomic E-state index is -1.25. The standard InChI is InChI=1S/C20H21N3O5/c1-20(2,26)17-19(25)23-13-5-4-12(8-14(13)22-17)18(24)21-9-11-3-6-15-16(7-11)28-10-27-15/h3-8,17,22,26H,9-10H2,1-2H3,(H,21,24)(H,23,25). The molecule has 4 rings (SSSR count). The number of fused-ring (bicyclic) bond motifs is 2. The van der Waals surface area contributed by atoms with Gasteiger partial charge in [-0.25, -0.2) is 0 Å². The van der Waals surface area contributed by atoms with E-state index in [-0.39, 0.29) is 18.6 Å². The van der Waals surface area contributed by atoms with E-state index < -0.39 is 11.6 Å². The highest BCUT2D eigenvalue weighted by atomic mass is 16.7. The highest BCUT2D eigenvalue weighted by Gasteiger charge is 2.37. The predicted molar refractivity (Wildman–Crippen MR) is 103 cm³/mol. The molecule has 0 bridgehead atoms. The third-order valence-electron chi connectivity index (χ3n) is 4.70. The second kappa shape index (κ2) is 6.72. The molecule has 8 nitrogen and oxygen atoms in total. The maximum Gasteiger partial charge on any atom is 0.251 e. The van der Waals surface area contributed by atoms with Crippen molar-refractivity contribution in [1.82, 2.24) is 5.32 Å². The summed E-state index contributed by atoms with van der Waals surface area (Å²) in [5.74, 6) is 0.788. The molecule has 2 amide bonds. The summed E-state index contributed by atoms with van der Waals surface area (Å²) >= 11 is 0. The number of anilines is 2. The van der Waals surface area contributed by atoms with Gasteiger partial charge >= 0.3 is 0 Å². The normalized spacial score (nSPS) is 17.4. The van der Waals surface area contributed by atoms with Gasteiger partial charge in [0, 0.05) is 12.1 Å². The van der Waals surface area contributed by atoms with Crippen molar-refractivity contribution in [3.63, 3.8) is 0 Å². The fourth-order valence-electron chi connectivity index (χ4n) is 3.17. The molecular formula is C20H21N3O5. The molecule has 8 heteroatoms. The molecule has 0 saturated carbocycles. The van der Waals surface area contributed by atoms with E-state index in [9.17, 15) is 14.7 Å². The number of hydrogen-bond acceptors (Lipinski definition) is 6. The number of benzene rings is 2. The highest BCUT2D eigenvalue weighted by molar-refractivity contribution is 6.05. The molecule has 0 aromatic heterocycles. The van der Waals surface area contributed by atoms with E-state index in [1.165, 1.54) is 0 Å². The molecule has 2 aromatic rings. The first-order valence-electron chi connectivity index (χ1n) is 8.92. The fraction of sp³-hybridized carbons (Fsp3) is 0.300. The summed E-state index contributed by atoms with van der Waals surface area (Å²) < 4.78 is 10.6. The van der Waals surface area contributed by atoms with Gasteiger partial charge in [0.1, 0.15) is 6.04 Å². The Bertz CT molecular complexity index is 951. The summed E-state index contributed by atoms with van der Waals surface area (Å²) in [5, 5.41) is 18.8. The summed E-state index contributed by atoms with van der Waals surface area (Å²) in [7, 11) is 0. The van der Waals surface area contributed by atoms with Crippen molar-refractivity contribution in [3.8, 4) is 11.5 Å². The average molecular weight is 383 g/mol. The van der Waals surface area contributed by atoms with Crippen molar-refractivity contribution in [2.24, 2.45) is 0 Å². The summed E-state index contributed by atoms with van der Waals surface area (Å²) in [6, 6.07) is 9.66. The molecule has 28 heavy (non-hydrogen) atoms. The largest absolute Gasteiger partial charge is 0.454 e. The van der Waals surface area contributed by atoms with Crippen LogP contribution in [0.15, 0.2) is 36.4 Å². The lowest BCUT2D eigenvalue weighted by Crippen LogP contribution is -2.52. The van der Waals surface area contributed by atoms with Crippen molar-refractivity contribution >= 4 is 23.2 Å². The topological polar surface area (TPSA) is 109 Å². The van der Waals surface area contributed by atoms with Gasteiger partial charge in [0.25, 0.3) is 5.91 Å². The average Bonchev–Trinajstić information content (AvgIpc) is 3.12. The van der Waals surface area contributed by atoms with E-state index in [0.29, 0.717) is 35.0 Å². The lowest BCUT2D eigenvalue weighted by atomic mass is 9.95. The molecule has 0 radical (unpaired) electrons. The number of carbonyl (C=O) groups excluding carboxylic acids is 2. The van der Waals surface area contributed by atoms with E-state index in [1.807, 2.05) is 18.2 Å². The van der Waals surface area contributed by atoms with E-state index in [1.54, 1.807) is 32.0 Å². The zero-order chi connectivity index (χ0) is 19.9. The first-order chi connectivity index (χ1) is 13.3. The van der Waals surface area contributed by atoms with Crippen molar-refractivity contribution in [1.29, 1.82) is 0 Å². The Hall–Kier alpha value is -3.26. The van der Waals surface area contributed by atoms with Gasteiger partial charge in [0.05, 0.1) is 17.0 Å². The van der Waals surface area contributed by atoms with Crippen LogP contribution in [0, 0.1) is 0 Å². The molecule has 146 valence electrons. The molecule has 2 aromatic carbocycles. The summed E-state index contributed by atoms with van der Waals surface area (Å²) in [4.78, 5) is 24.7. The van der Waals surface area contributed by atoms with Crippen molar-refractivity contribution in [2.45, 2.75) is 32.0 Å². The maximum absolute atomic E-state index is 12.5. The lowest BCUT2D eigenvalue weighted by molar-refractivity contribution is -0.121. The van der Waals surface area contributed by atoms with Gasteiger partial charge in [-0.2, -0.15) is 0 Å². The van der Waals surface area contributed by atoms with Crippen LogP contribution >= 0.6 is 0 Å². The van der Waals surface area contributed by atoms with Crippen LogP contribution in [-0.4, -0.2) is 35.4 Å². The van der Waals surface area contributed by atoms with E-state index in [0.717, 1.165) is 5.56 Å². The quantitative estimate of drug-likeness (QED) is 0.642. The Balaban J connectivity index is 1.46. The van der Waals surface area contributed by atoms with Crippen molar-refractivity contribution in [3.05, 3.63) is 47.5 Å². The SMILES string of the molecule is CC(C)(O)C1Nc2cc(C(=O)NCc3ccc4c(c3)OCO4)ccc2NC1=O. The Morgan fingerprint density at radius 2 is 1.96 bits per heavy atom. The lowest BCUT2D eigenvalue weighted by Gasteiger charge is -2.34. The van der Waals surface area contributed by atoms with Crippen molar-refractivity contribution in [2.75, 3.05) is 17.4 Å². The summed E-state index contributed by atoms with van der Waals surface area (Å²) in [6.45, 7) is 3.65. The van der Waals surface area contributed by atoms with Crippen LogP contribution in [0.5, 0.6) is 11.5 Å². The Kier molecular flexibility index (Phi) is 4.35. The molecule has 0 spiro atoms. The predicted octanol–water partition coefficient (Wildman–Crippen LogP) is 1.85. The third kappa shape index (κ3) is 3.46. The maximum atomic E-state index is 12.5. The second-order valence-electron chi connectivity index (χ2n) is 7.35. The Morgan fingerprint density at radius 3 is 2.75 bits per heavy atom. The highest BCUT2D eigenvalue weighted by Crippen LogP contribution is 2.33. The number of nitrogens with one attached hydrogen (secondary N) is 3. The molecule has 4 N–H and O–H groups in total. The van der Waals surface area contributed by atoms with Crippen LogP contribution in [0.25, 0.3) is 0 Å². The summed E-state index contributed by atoms with van der Waals surface area (Å²) in [6.07, 6.45) is 0. The summed E-state index contributed by atoms with van der Waals surface area (Å²) in [5.41, 5.74) is 1.24. The van der Waals surface area contributed by atoms with Gasteiger partial charge in [-0.3, -0.25) is 9.59 Å². The molecule has 2 heterocycles. The van der Waals surface area contributed by atoms with Gasteiger partial charge in [-0.1, -0.05) is 6.07 Å². The Labute approximate surface area is 161 Å². The van der Waals surface area contributed by atoms with Crippen LogP contribution < -0.4 is 25.4 Å². The minimum Gasteiger partial charge on any atom is -0.454 e. The van der Waals surface area contributed by atoms with E-state index >= 15 is 0 Å². The zero-order valence-electron chi connectivity index (χ0n) is 15.5. The van der Waals surface area contributed by atoms with Gasteiger partial charge in [-0.15, -0.1) is 0 Å². The van der Waals surface area contributed by atoms with Crippen molar-refractivity contribution < 1.29 is 24.2 Å². The number of aliphatic hydroxyl groups is 1. The monoisotopic (exact) mass is 383 g/mol. The minimum absolute atomic E-state index is 0.204.